The first-order valence-corrected chi connectivity index (χ1v) is 8.11. The highest BCUT2D eigenvalue weighted by Crippen LogP contribution is 2.02. The van der Waals surface area contributed by atoms with Gasteiger partial charge in [0, 0.05) is 14.1 Å². The van der Waals surface area contributed by atoms with E-state index in [-0.39, 0.29) is 17.6 Å². The molecule has 1 aromatic carbocycles. The van der Waals surface area contributed by atoms with Crippen molar-refractivity contribution >= 4 is 29.3 Å². The van der Waals surface area contributed by atoms with Gasteiger partial charge < -0.3 is 5.11 Å². The van der Waals surface area contributed by atoms with Gasteiger partial charge in [-0.05, 0) is 17.7 Å². The lowest BCUT2D eigenvalue weighted by Gasteiger charge is -2.01. The molecule has 0 spiro atoms. The van der Waals surface area contributed by atoms with Crippen LogP contribution in [0, 0.1) is 0 Å². The maximum absolute atomic E-state index is 12.3. The molecule has 0 atom stereocenters. The van der Waals surface area contributed by atoms with Gasteiger partial charge in [0.25, 0.3) is 17.1 Å². The van der Waals surface area contributed by atoms with Crippen molar-refractivity contribution in [2.24, 2.45) is 19.2 Å². The van der Waals surface area contributed by atoms with Crippen LogP contribution in [0.1, 0.15) is 15.9 Å². The van der Waals surface area contributed by atoms with Crippen LogP contribution >= 0.6 is 0 Å². The molecule has 2 heterocycles. The number of rotatable bonds is 5. The molecule has 1 amide bonds. The highest BCUT2D eigenvalue weighted by Gasteiger charge is 2.21. The zero-order valence-electron chi connectivity index (χ0n) is 15.0. The third-order valence-corrected chi connectivity index (χ3v) is 4.16. The summed E-state index contributed by atoms with van der Waals surface area (Å²) < 4.78 is 3.64. The highest BCUT2D eigenvalue weighted by molar-refractivity contribution is 5.89. The van der Waals surface area contributed by atoms with Gasteiger partial charge in [0.2, 0.25) is 6.33 Å². The summed E-state index contributed by atoms with van der Waals surface area (Å²) in [7, 11) is 2.88. The number of aryl methyl sites for hydroxylation is 1. The molecule has 2 aromatic heterocycles. The molecule has 0 aliphatic rings. The van der Waals surface area contributed by atoms with Crippen LogP contribution in [0.4, 0.5) is 0 Å². The Balaban J connectivity index is 1.74. The van der Waals surface area contributed by atoms with Crippen molar-refractivity contribution in [3.63, 3.8) is 0 Å². The SMILES string of the molecule is Cn1c(=O)c2c([nH]c[n+]2CC(=O)NN=Cc2ccc(C(=O)O)cc2)n(C)c1=O. The summed E-state index contributed by atoms with van der Waals surface area (Å²) in [6, 6.07) is 5.95. The van der Waals surface area contributed by atoms with Crippen LogP contribution in [0.2, 0.25) is 0 Å². The summed E-state index contributed by atoms with van der Waals surface area (Å²) in [5.74, 6) is -1.52. The lowest BCUT2D eigenvalue weighted by molar-refractivity contribution is -0.659. The monoisotopic (exact) mass is 385 g/mol. The normalized spacial score (nSPS) is 11.2. The molecule has 11 nitrogen and oxygen atoms in total. The van der Waals surface area contributed by atoms with Crippen LogP contribution in [0.25, 0.3) is 11.2 Å². The van der Waals surface area contributed by atoms with E-state index in [1.807, 2.05) is 0 Å². The second kappa shape index (κ2) is 7.31. The Morgan fingerprint density at radius 3 is 2.54 bits per heavy atom. The smallest absolute Gasteiger partial charge is 0.335 e. The minimum atomic E-state index is -1.03. The minimum absolute atomic E-state index is 0.146. The van der Waals surface area contributed by atoms with Crippen LogP contribution in [0.15, 0.2) is 45.3 Å². The molecule has 3 N–H and O–H groups in total. The number of carboxylic acids is 1. The Morgan fingerprint density at radius 2 is 1.89 bits per heavy atom. The van der Waals surface area contributed by atoms with Crippen molar-refractivity contribution in [3.05, 3.63) is 62.6 Å². The number of hydrogen-bond acceptors (Lipinski definition) is 5. The number of hydrazone groups is 1. The van der Waals surface area contributed by atoms with E-state index >= 15 is 0 Å². The quantitative estimate of drug-likeness (QED) is 0.284. The van der Waals surface area contributed by atoms with E-state index in [2.05, 4.69) is 15.5 Å². The molecule has 11 heteroatoms. The van der Waals surface area contributed by atoms with Gasteiger partial charge in [-0.15, -0.1) is 0 Å². The average molecular weight is 385 g/mol. The maximum atomic E-state index is 12.3. The van der Waals surface area contributed by atoms with Gasteiger partial charge in [-0.25, -0.2) is 24.6 Å². The lowest BCUT2D eigenvalue weighted by Crippen LogP contribution is -2.46. The number of benzene rings is 1. The van der Waals surface area contributed by atoms with Crippen molar-refractivity contribution in [3.8, 4) is 0 Å². The minimum Gasteiger partial charge on any atom is -0.478 e. The van der Waals surface area contributed by atoms with Crippen molar-refractivity contribution in [1.29, 1.82) is 0 Å². The summed E-state index contributed by atoms with van der Waals surface area (Å²) in [4.78, 5) is 50.0. The van der Waals surface area contributed by atoms with Gasteiger partial charge in [0.05, 0.1) is 11.8 Å². The topological polar surface area (TPSA) is 142 Å². The van der Waals surface area contributed by atoms with Gasteiger partial charge in [0.1, 0.15) is 0 Å². The number of nitrogens with zero attached hydrogens (tertiary/aromatic N) is 4. The van der Waals surface area contributed by atoms with Crippen LogP contribution in [-0.4, -0.2) is 37.3 Å². The Morgan fingerprint density at radius 1 is 1.21 bits per heavy atom. The third kappa shape index (κ3) is 3.45. The number of carboxylic acid groups (broad SMARTS) is 1. The summed E-state index contributed by atoms with van der Waals surface area (Å²) in [5.41, 5.74) is 2.58. The van der Waals surface area contributed by atoms with E-state index in [4.69, 9.17) is 5.11 Å². The van der Waals surface area contributed by atoms with Crippen molar-refractivity contribution in [2.75, 3.05) is 0 Å². The van der Waals surface area contributed by atoms with Gasteiger partial charge in [-0.1, -0.05) is 12.1 Å². The van der Waals surface area contributed by atoms with Crippen molar-refractivity contribution < 1.29 is 19.3 Å². The number of aromatic nitrogens is 4. The largest absolute Gasteiger partial charge is 0.478 e. The van der Waals surface area contributed by atoms with E-state index in [1.165, 1.54) is 47.9 Å². The number of nitrogens with one attached hydrogen (secondary N) is 2. The molecular weight excluding hydrogens is 368 g/mol. The first kappa shape index (κ1) is 18.8. The maximum Gasteiger partial charge on any atom is 0.335 e. The Kier molecular flexibility index (Phi) is 4.90. The van der Waals surface area contributed by atoms with Crippen LogP contribution < -0.4 is 21.2 Å². The number of H-pyrrole nitrogens is 1. The molecular formula is C17H17N6O5+. The molecule has 0 fully saturated rings. The van der Waals surface area contributed by atoms with Crippen LogP contribution in [0.5, 0.6) is 0 Å². The van der Waals surface area contributed by atoms with Gasteiger partial charge in [-0.2, -0.15) is 5.10 Å². The second-order valence-electron chi connectivity index (χ2n) is 6.02. The predicted octanol–water partition coefficient (Wildman–Crippen LogP) is -1.30. The van der Waals surface area contributed by atoms with Gasteiger partial charge in [-0.3, -0.25) is 18.7 Å². The van der Waals surface area contributed by atoms with Crippen LogP contribution in [-0.2, 0) is 25.4 Å². The summed E-state index contributed by atoms with van der Waals surface area (Å²) in [6.07, 6.45) is 2.80. The number of aromatic amines is 1. The summed E-state index contributed by atoms with van der Waals surface area (Å²) in [6.45, 7) is -0.192. The van der Waals surface area contributed by atoms with Crippen LogP contribution in [0.3, 0.4) is 0 Å². The summed E-state index contributed by atoms with van der Waals surface area (Å²) >= 11 is 0. The number of fused-ring (bicyclic) bond motifs is 1. The number of carbonyl (C=O) groups is 2. The molecule has 0 radical (unpaired) electrons. The first-order valence-electron chi connectivity index (χ1n) is 8.11. The number of amides is 1. The standard InChI is InChI=1S/C17H16N6O5/c1-21-14-13(15(25)22(2)17(21)28)23(9-18-14)8-12(24)20-19-7-10-3-5-11(6-4-10)16(26)27/h3-7,9H,8H2,1-2H3,(H2,20,24,26,27)/p+1. The average Bonchev–Trinajstić information content (AvgIpc) is 3.08. The number of imidazole rings is 1. The predicted molar refractivity (Wildman–Crippen MR) is 98.1 cm³/mol. The fraction of sp³-hybridized carbons (Fsp3) is 0.176. The Labute approximate surface area is 157 Å². The molecule has 0 unspecified atom stereocenters. The molecule has 3 rings (SSSR count). The zero-order chi connectivity index (χ0) is 20.4. The van der Waals surface area contributed by atoms with E-state index in [0.29, 0.717) is 11.2 Å². The molecule has 0 aliphatic heterocycles. The fourth-order valence-electron chi connectivity index (χ4n) is 2.66. The third-order valence-electron chi connectivity index (χ3n) is 4.16. The van der Waals surface area contributed by atoms with E-state index in [1.54, 1.807) is 12.1 Å². The van der Waals surface area contributed by atoms with Gasteiger partial charge in [0.15, 0.2) is 6.54 Å². The number of carbonyl (C=O) groups excluding carboxylic acids is 1. The van der Waals surface area contributed by atoms with E-state index < -0.39 is 23.1 Å². The van der Waals surface area contributed by atoms with Gasteiger partial charge >= 0.3 is 17.2 Å². The zero-order valence-corrected chi connectivity index (χ0v) is 15.0. The van der Waals surface area contributed by atoms with Crippen molar-refractivity contribution in [2.45, 2.75) is 6.54 Å². The lowest BCUT2D eigenvalue weighted by atomic mass is 10.1. The second-order valence-corrected chi connectivity index (χ2v) is 6.02. The Bertz CT molecular complexity index is 1220. The molecule has 0 saturated carbocycles. The molecule has 144 valence electrons. The molecule has 3 aromatic rings. The molecule has 0 saturated heterocycles. The van der Waals surface area contributed by atoms with Crippen molar-refractivity contribution in [1.82, 2.24) is 19.5 Å². The molecule has 28 heavy (non-hydrogen) atoms. The number of aromatic carboxylic acids is 1. The first-order chi connectivity index (χ1) is 13.3. The fourth-order valence-corrected chi connectivity index (χ4v) is 2.66. The van der Waals surface area contributed by atoms with E-state index in [0.717, 1.165) is 4.57 Å². The number of hydrogen-bond donors (Lipinski definition) is 3. The summed E-state index contributed by atoms with van der Waals surface area (Å²) in [5, 5.41) is 12.7. The van der Waals surface area contributed by atoms with E-state index in [9.17, 15) is 19.2 Å². The highest BCUT2D eigenvalue weighted by atomic mass is 16.4. The molecule has 0 aliphatic carbocycles. The Hall–Kier alpha value is -4.02. The molecule has 0 bridgehead atoms.